The third kappa shape index (κ3) is 6.34. The lowest BCUT2D eigenvalue weighted by Gasteiger charge is -2.33. The van der Waals surface area contributed by atoms with Crippen molar-refractivity contribution in [3.8, 4) is 0 Å². The van der Waals surface area contributed by atoms with Gasteiger partial charge in [0.05, 0.1) is 6.54 Å². The van der Waals surface area contributed by atoms with E-state index in [1.807, 2.05) is 24.3 Å². The summed E-state index contributed by atoms with van der Waals surface area (Å²) in [5, 5.41) is 10.8. The first-order valence-electron chi connectivity index (χ1n) is 12.2. The summed E-state index contributed by atoms with van der Waals surface area (Å²) in [6, 6.07) is 7.18. The molecule has 1 atom stereocenters. The number of unbranched alkanes of at least 4 members (excludes halogenated alkanes) is 10. The summed E-state index contributed by atoms with van der Waals surface area (Å²) < 4.78 is 0. The monoisotopic (exact) mass is 426 g/mol. The molecule has 31 heavy (non-hydrogen) atoms. The zero-order valence-electron chi connectivity index (χ0n) is 19.0. The highest BCUT2D eigenvalue weighted by Gasteiger charge is 2.35. The molecule has 170 valence electrons. The van der Waals surface area contributed by atoms with E-state index in [1.165, 1.54) is 51.4 Å². The summed E-state index contributed by atoms with van der Waals surface area (Å²) in [6.07, 6.45) is 14.4. The highest BCUT2D eigenvalue weighted by Crippen LogP contribution is 2.31. The Hall–Kier alpha value is -2.30. The van der Waals surface area contributed by atoms with Crippen LogP contribution in [0.3, 0.4) is 0 Å². The largest absolute Gasteiger partial charge is 0.480 e. The van der Waals surface area contributed by atoms with Crippen LogP contribution in [-0.2, 0) is 22.6 Å². The number of amides is 1. The van der Waals surface area contributed by atoms with Gasteiger partial charge in [-0.15, -0.1) is 0 Å². The molecule has 1 unspecified atom stereocenters. The Balaban J connectivity index is 1.41. The second-order valence-corrected chi connectivity index (χ2v) is 8.99. The van der Waals surface area contributed by atoms with Crippen molar-refractivity contribution >= 4 is 22.8 Å². The smallest absolute Gasteiger partial charge is 0.326 e. The van der Waals surface area contributed by atoms with Crippen LogP contribution in [0.2, 0.25) is 0 Å². The standard InChI is InChI=1S/C26H38N2O3/c1-2-3-4-5-6-7-8-9-10-11-12-17-25(29)28-19-23-21(18-24(28)26(30)31)20-15-13-14-16-22(20)27-23/h13-16,24,27H,2-12,17-19H2,1H3,(H,30,31). The molecular formula is C26H38N2O3. The molecule has 5 heteroatoms. The van der Waals surface area contributed by atoms with Crippen molar-refractivity contribution in [3.63, 3.8) is 0 Å². The van der Waals surface area contributed by atoms with E-state index < -0.39 is 12.0 Å². The Morgan fingerprint density at radius 1 is 0.968 bits per heavy atom. The van der Waals surface area contributed by atoms with Gasteiger partial charge in [0.25, 0.3) is 0 Å². The number of fused-ring (bicyclic) bond motifs is 3. The molecular weight excluding hydrogens is 388 g/mol. The van der Waals surface area contributed by atoms with Crippen LogP contribution >= 0.6 is 0 Å². The molecule has 1 aromatic carbocycles. The molecule has 0 aliphatic carbocycles. The van der Waals surface area contributed by atoms with Gasteiger partial charge in [0, 0.05) is 29.4 Å². The lowest BCUT2D eigenvalue weighted by molar-refractivity contribution is -0.151. The Morgan fingerprint density at radius 2 is 1.58 bits per heavy atom. The summed E-state index contributed by atoms with van der Waals surface area (Å²) in [4.78, 5) is 29.7. The van der Waals surface area contributed by atoms with E-state index in [0.29, 0.717) is 19.4 Å². The third-order valence-corrected chi connectivity index (χ3v) is 6.60. The highest BCUT2D eigenvalue weighted by molar-refractivity contribution is 5.89. The predicted octanol–water partition coefficient (Wildman–Crippen LogP) is 6.21. The second-order valence-electron chi connectivity index (χ2n) is 8.99. The third-order valence-electron chi connectivity index (χ3n) is 6.60. The number of carboxylic acids is 1. The van der Waals surface area contributed by atoms with Crippen LogP contribution in [0.5, 0.6) is 0 Å². The summed E-state index contributed by atoms with van der Waals surface area (Å²) in [5.41, 5.74) is 3.03. The average Bonchev–Trinajstić information content (AvgIpc) is 3.14. The van der Waals surface area contributed by atoms with E-state index in [1.54, 1.807) is 4.90 Å². The molecule has 0 fully saturated rings. The maximum Gasteiger partial charge on any atom is 0.326 e. The minimum Gasteiger partial charge on any atom is -0.480 e. The molecule has 2 aromatic rings. The fourth-order valence-corrected chi connectivity index (χ4v) is 4.77. The first-order chi connectivity index (χ1) is 15.1. The van der Waals surface area contributed by atoms with Gasteiger partial charge in [-0.3, -0.25) is 4.79 Å². The van der Waals surface area contributed by atoms with Crippen LogP contribution in [-0.4, -0.2) is 32.9 Å². The SMILES string of the molecule is CCCCCCCCCCCCCC(=O)N1Cc2[nH]c3ccccc3c2CC1C(=O)O. The minimum absolute atomic E-state index is 0.0346. The van der Waals surface area contributed by atoms with Crippen LogP contribution in [0.15, 0.2) is 24.3 Å². The Labute approximate surface area is 186 Å². The van der Waals surface area contributed by atoms with E-state index in [2.05, 4.69) is 11.9 Å². The molecule has 3 rings (SSSR count). The number of carboxylic acid groups (broad SMARTS) is 1. The highest BCUT2D eigenvalue weighted by atomic mass is 16.4. The van der Waals surface area contributed by atoms with E-state index in [-0.39, 0.29) is 5.91 Å². The summed E-state index contributed by atoms with van der Waals surface area (Å²) >= 11 is 0. The van der Waals surface area contributed by atoms with Crippen molar-refractivity contribution in [2.24, 2.45) is 0 Å². The first-order valence-corrected chi connectivity index (χ1v) is 12.2. The lowest BCUT2D eigenvalue weighted by Crippen LogP contribution is -2.48. The number of carbonyl (C=O) groups is 2. The van der Waals surface area contributed by atoms with Crippen LogP contribution in [0.4, 0.5) is 0 Å². The summed E-state index contributed by atoms with van der Waals surface area (Å²) in [6.45, 7) is 2.61. The fraction of sp³-hybridized carbons (Fsp3) is 0.615. The second kappa shape index (κ2) is 11.9. The van der Waals surface area contributed by atoms with Gasteiger partial charge in [-0.25, -0.2) is 4.79 Å². The van der Waals surface area contributed by atoms with Crippen LogP contribution in [0.1, 0.15) is 95.2 Å². The van der Waals surface area contributed by atoms with Crippen LogP contribution in [0.25, 0.3) is 10.9 Å². The Kier molecular flexibility index (Phi) is 8.98. The molecule has 0 bridgehead atoms. The normalized spacial score (nSPS) is 15.9. The number of aliphatic carboxylic acids is 1. The van der Waals surface area contributed by atoms with Gasteiger partial charge in [0.15, 0.2) is 0 Å². The van der Waals surface area contributed by atoms with Gasteiger partial charge in [0.1, 0.15) is 6.04 Å². The zero-order valence-corrected chi connectivity index (χ0v) is 19.0. The summed E-state index contributed by atoms with van der Waals surface area (Å²) in [5.74, 6) is -0.948. The number of aromatic nitrogens is 1. The van der Waals surface area contributed by atoms with Crippen molar-refractivity contribution in [2.75, 3.05) is 0 Å². The predicted molar refractivity (Wildman–Crippen MR) is 125 cm³/mol. The topological polar surface area (TPSA) is 73.4 Å². The molecule has 2 N–H and O–H groups in total. The Bertz CT molecular complexity index is 857. The van der Waals surface area contributed by atoms with Gasteiger partial charge < -0.3 is 15.0 Å². The number of para-hydroxylation sites is 1. The van der Waals surface area contributed by atoms with Crippen molar-refractivity contribution in [2.45, 2.75) is 103 Å². The van der Waals surface area contributed by atoms with E-state index >= 15 is 0 Å². The maximum absolute atomic E-state index is 12.8. The zero-order chi connectivity index (χ0) is 22.1. The molecule has 1 aliphatic heterocycles. The first kappa shape index (κ1) is 23.4. The van der Waals surface area contributed by atoms with Crippen molar-refractivity contribution in [1.29, 1.82) is 0 Å². The van der Waals surface area contributed by atoms with Crippen LogP contribution < -0.4 is 0 Å². The molecule has 0 radical (unpaired) electrons. The van der Waals surface area contributed by atoms with Crippen molar-refractivity contribution in [1.82, 2.24) is 9.88 Å². The number of carbonyl (C=O) groups excluding carboxylic acids is 1. The van der Waals surface area contributed by atoms with Gasteiger partial charge in [-0.05, 0) is 18.1 Å². The molecule has 0 saturated heterocycles. The van der Waals surface area contributed by atoms with Gasteiger partial charge in [-0.1, -0.05) is 89.3 Å². The maximum atomic E-state index is 12.8. The average molecular weight is 427 g/mol. The van der Waals surface area contributed by atoms with Crippen molar-refractivity contribution in [3.05, 3.63) is 35.5 Å². The minimum atomic E-state index is -0.914. The van der Waals surface area contributed by atoms with Crippen LogP contribution in [0, 0.1) is 0 Å². The number of rotatable bonds is 13. The molecule has 1 amide bonds. The van der Waals surface area contributed by atoms with Crippen molar-refractivity contribution < 1.29 is 14.7 Å². The number of nitrogens with zero attached hydrogens (tertiary/aromatic N) is 1. The number of aromatic amines is 1. The Morgan fingerprint density at radius 3 is 2.23 bits per heavy atom. The van der Waals surface area contributed by atoms with E-state index in [0.717, 1.165) is 41.4 Å². The number of benzene rings is 1. The quantitative estimate of drug-likeness (QED) is 0.374. The van der Waals surface area contributed by atoms with E-state index in [9.17, 15) is 14.7 Å². The number of hydrogen-bond acceptors (Lipinski definition) is 2. The fourth-order valence-electron chi connectivity index (χ4n) is 4.77. The molecule has 5 nitrogen and oxygen atoms in total. The molecule has 2 heterocycles. The number of H-pyrrole nitrogens is 1. The van der Waals surface area contributed by atoms with Gasteiger partial charge in [0.2, 0.25) is 5.91 Å². The number of hydrogen-bond donors (Lipinski definition) is 2. The molecule has 0 spiro atoms. The summed E-state index contributed by atoms with van der Waals surface area (Å²) in [7, 11) is 0. The molecule has 1 aromatic heterocycles. The van der Waals surface area contributed by atoms with E-state index in [4.69, 9.17) is 0 Å². The number of nitrogens with one attached hydrogen (secondary N) is 1. The lowest BCUT2D eigenvalue weighted by atomic mass is 9.96. The molecule has 0 saturated carbocycles. The van der Waals surface area contributed by atoms with Gasteiger partial charge >= 0.3 is 5.97 Å². The molecule has 1 aliphatic rings. The van der Waals surface area contributed by atoms with Gasteiger partial charge in [-0.2, -0.15) is 0 Å².